The highest BCUT2D eigenvalue weighted by atomic mass is 16.8. The van der Waals surface area contributed by atoms with Crippen molar-refractivity contribution in [1.82, 2.24) is 5.16 Å². The summed E-state index contributed by atoms with van der Waals surface area (Å²) in [6, 6.07) is 0. The van der Waals surface area contributed by atoms with Gasteiger partial charge in [0.05, 0.1) is 11.8 Å². The summed E-state index contributed by atoms with van der Waals surface area (Å²) in [5, 5.41) is 24.8. The Morgan fingerprint density at radius 3 is 3.25 bits per heavy atom. The molecule has 0 saturated heterocycles. The van der Waals surface area contributed by atoms with Crippen LogP contribution in [0.5, 0.6) is 5.88 Å². The fourth-order valence-electron chi connectivity index (χ4n) is 0.637. The fraction of sp³-hybridized carbons (Fsp3) is 0.400. The van der Waals surface area contributed by atoms with Crippen molar-refractivity contribution in [2.24, 2.45) is 5.16 Å². The van der Waals surface area contributed by atoms with Crippen molar-refractivity contribution < 1.29 is 19.5 Å². The third kappa shape index (κ3) is 1.44. The van der Waals surface area contributed by atoms with E-state index in [-0.39, 0.29) is 16.5 Å². The second-order valence-electron chi connectivity index (χ2n) is 1.80. The predicted octanol–water partition coefficient (Wildman–Crippen LogP) is -0.485. The standard InChI is InChI=1S/C5H7N3O4/c1-2-11-5-4(3-6-9)8(10)12-7-5/h3,9H,2H2,1H3/b6-3+. The first-order valence-corrected chi connectivity index (χ1v) is 3.19. The summed E-state index contributed by atoms with van der Waals surface area (Å²) in [4.78, 5) is 0.0880. The van der Waals surface area contributed by atoms with Crippen LogP contribution in [0.3, 0.4) is 0 Å². The summed E-state index contributed by atoms with van der Waals surface area (Å²) in [6.07, 6.45) is 0.883. The molecule has 0 fully saturated rings. The normalized spacial score (nSPS) is 10.8. The van der Waals surface area contributed by atoms with Crippen molar-refractivity contribution in [1.29, 1.82) is 0 Å². The van der Waals surface area contributed by atoms with E-state index >= 15 is 0 Å². The molecule has 0 amide bonds. The van der Waals surface area contributed by atoms with E-state index in [1.165, 1.54) is 0 Å². The second-order valence-corrected chi connectivity index (χ2v) is 1.80. The van der Waals surface area contributed by atoms with E-state index in [9.17, 15) is 5.21 Å². The zero-order valence-corrected chi connectivity index (χ0v) is 6.30. The molecular formula is C5H7N3O4. The van der Waals surface area contributed by atoms with Crippen molar-refractivity contribution in [2.75, 3.05) is 6.61 Å². The molecule has 1 heterocycles. The first-order chi connectivity index (χ1) is 5.79. The molecule has 1 rings (SSSR count). The smallest absolute Gasteiger partial charge is 0.404 e. The zero-order valence-electron chi connectivity index (χ0n) is 6.30. The van der Waals surface area contributed by atoms with E-state index < -0.39 is 0 Å². The molecule has 1 N–H and O–H groups in total. The maximum Gasteiger partial charge on any atom is 0.404 e. The summed E-state index contributed by atoms with van der Waals surface area (Å²) in [6.45, 7) is 2.07. The molecule has 0 saturated carbocycles. The monoisotopic (exact) mass is 173 g/mol. The Morgan fingerprint density at radius 1 is 1.92 bits per heavy atom. The van der Waals surface area contributed by atoms with Gasteiger partial charge in [0.25, 0.3) is 5.69 Å². The molecule has 7 heteroatoms. The lowest BCUT2D eigenvalue weighted by Gasteiger charge is -1.91. The van der Waals surface area contributed by atoms with Gasteiger partial charge in [-0.1, -0.05) is 5.16 Å². The number of ether oxygens (including phenoxy) is 1. The number of hydrogen-bond acceptors (Lipinski definition) is 6. The zero-order chi connectivity index (χ0) is 8.97. The topological polar surface area (TPSA) is 94.8 Å². The van der Waals surface area contributed by atoms with Crippen LogP contribution in [-0.2, 0) is 0 Å². The Bertz CT molecular complexity index is 282. The molecule has 1 aromatic heterocycles. The van der Waals surface area contributed by atoms with E-state index in [1.807, 2.05) is 0 Å². The Hall–Kier alpha value is -1.79. The lowest BCUT2D eigenvalue weighted by Crippen LogP contribution is -2.27. The lowest BCUT2D eigenvalue weighted by molar-refractivity contribution is -0.803. The van der Waals surface area contributed by atoms with Crippen LogP contribution in [0, 0.1) is 5.21 Å². The van der Waals surface area contributed by atoms with Gasteiger partial charge in [-0.25, -0.2) is 0 Å². The van der Waals surface area contributed by atoms with Gasteiger partial charge in [-0.3, -0.25) is 4.63 Å². The molecular weight excluding hydrogens is 166 g/mol. The van der Waals surface area contributed by atoms with Gasteiger partial charge in [0, 0.05) is 0 Å². The molecule has 66 valence electrons. The van der Waals surface area contributed by atoms with E-state index in [2.05, 4.69) is 14.9 Å². The summed E-state index contributed by atoms with van der Waals surface area (Å²) in [5.41, 5.74) is -0.0700. The van der Waals surface area contributed by atoms with Crippen LogP contribution in [0.2, 0.25) is 0 Å². The van der Waals surface area contributed by atoms with Gasteiger partial charge >= 0.3 is 5.88 Å². The number of rotatable bonds is 3. The van der Waals surface area contributed by atoms with Crippen molar-refractivity contribution in [2.45, 2.75) is 6.92 Å². The van der Waals surface area contributed by atoms with Crippen LogP contribution in [0.4, 0.5) is 0 Å². The summed E-state index contributed by atoms with van der Waals surface area (Å²) >= 11 is 0. The van der Waals surface area contributed by atoms with Gasteiger partial charge in [-0.05, 0) is 11.8 Å². The Balaban J connectivity index is 2.95. The molecule has 0 aliphatic carbocycles. The third-order valence-electron chi connectivity index (χ3n) is 1.07. The molecule has 0 radical (unpaired) electrons. The van der Waals surface area contributed by atoms with E-state index in [0.717, 1.165) is 6.21 Å². The minimum absolute atomic E-state index is 0.00491. The molecule has 0 aliphatic heterocycles. The van der Waals surface area contributed by atoms with E-state index in [0.29, 0.717) is 6.61 Å². The van der Waals surface area contributed by atoms with Gasteiger partial charge in [-0.2, -0.15) is 0 Å². The highest BCUT2D eigenvalue weighted by Crippen LogP contribution is 2.07. The van der Waals surface area contributed by atoms with Crippen molar-refractivity contribution in [3.63, 3.8) is 0 Å². The quantitative estimate of drug-likeness (QED) is 0.288. The first kappa shape index (κ1) is 8.31. The van der Waals surface area contributed by atoms with Gasteiger partial charge in [-0.15, -0.1) is 0 Å². The molecule has 0 atom stereocenters. The fourth-order valence-corrected chi connectivity index (χ4v) is 0.637. The average molecular weight is 173 g/mol. The minimum atomic E-state index is -0.0700. The van der Waals surface area contributed by atoms with Crippen LogP contribution in [0.25, 0.3) is 0 Å². The largest absolute Gasteiger partial charge is 0.455 e. The molecule has 0 bridgehead atoms. The van der Waals surface area contributed by atoms with Gasteiger partial charge < -0.3 is 15.2 Å². The highest BCUT2D eigenvalue weighted by molar-refractivity contribution is 5.77. The number of hydrogen-bond donors (Lipinski definition) is 1. The number of nitrogens with zero attached hydrogens (tertiary/aromatic N) is 3. The van der Waals surface area contributed by atoms with Crippen molar-refractivity contribution in [3.8, 4) is 5.88 Å². The summed E-state index contributed by atoms with van der Waals surface area (Å²) in [7, 11) is 0. The van der Waals surface area contributed by atoms with Crippen LogP contribution in [-0.4, -0.2) is 23.2 Å². The average Bonchev–Trinajstić information content (AvgIpc) is 2.37. The molecule has 7 nitrogen and oxygen atoms in total. The maximum atomic E-state index is 10.7. The van der Waals surface area contributed by atoms with E-state index in [1.54, 1.807) is 6.92 Å². The predicted molar refractivity (Wildman–Crippen MR) is 36.0 cm³/mol. The van der Waals surface area contributed by atoms with Crippen LogP contribution >= 0.6 is 0 Å². The van der Waals surface area contributed by atoms with Crippen LogP contribution < -0.4 is 9.64 Å². The van der Waals surface area contributed by atoms with Gasteiger partial charge in [0.2, 0.25) is 0 Å². The number of aromatic nitrogens is 2. The van der Waals surface area contributed by atoms with Crippen LogP contribution in [0.1, 0.15) is 12.6 Å². The van der Waals surface area contributed by atoms with Gasteiger partial charge in [0.15, 0.2) is 0 Å². The highest BCUT2D eigenvalue weighted by Gasteiger charge is 2.18. The molecule has 0 unspecified atom stereocenters. The summed E-state index contributed by atoms with van der Waals surface area (Å²) in [5.74, 6) is 0.00491. The Morgan fingerprint density at radius 2 is 2.67 bits per heavy atom. The van der Waals surface area contributed by atoms with Crippen molar-refractivity contribution in [3.05, 3.63) is 10.9 Å². The maximum absolute atomic E-state index is 10.7. The lowest BCUT2D eigenvalue weighted by atomic mass is 10.5. The molecule has 1 aromatic rings. The molecule has 0 aromatic carbocycles. The minimum Gasteiger partial charge on any atom is -0.455 e. The Kier molecular flexibility index (Phi) is 2.46. The molecule has 12 heavy (non-hydrogen) atoms. The molecule has 0 spiro atoms. The van der Waals surface area contributed by atoms with Crippen LogP contribution in [0.15, 0.2) is 9.78 Å². The molecule has 0 aliphatic rings. The second kappa shape index (κ2) is 3.56. The first-order valence-electron chi connectivity index (χ1n) is 3.19. The Labute approximate surface area is 67.4 Å². The van der Waals surface area contributed by atoms with Crippen molar-refractivity contribution >= 4 is 6.21 Å². The third-order valence-corrected chi connectivity index (χ3v) is 1.07. The summed E-state index contributed by atoms with van der Waals surface area (Å²) < 4.78 is 9.07. The van der Waals surface area contributed by atoms with Gasteiger partial charge in [0.1, 0.15) is 6.21 Å². The number of oxime groups is 1. The SMILES string of the molecule is CCOc1no[n+]([O-])c1/C=N/O. The van der Waals surface area contributed by atoms with E-state index in [4.69, 9.17) is 9.94 Å².